The Morgan fingerprint density at radius 1 is 1.33 bits per heavy atom. The first-order valence-corrected chi connectivity index (χ1v) is 7.56. The number of hydrogen-bond acceptors (Lipinski definition) is 5. The third-order valence-electron chi connectivity index (χ3n) is 3.12. The van der Waals surface area contributed by atoms with Crippen molar-refractivity contribution in [2.45, 2.75) is 59.4 Å². The zero-order chi connectivity index (χ0) is 16.0. The smallest absolute Gasteiger partial charge is 0.138 e. The SMILES string of the molecule is CCNc1cc(N(CCC#N)C(C)C)nc(C(C)(C)C)n1. The number of rotatable bonds is 6. The lowest BCUT2D eigenvalue weighted by atomic mass is 9.95. The van der Waals surface area contributed by atoms with Gasteiger partial charge in [-0.2, -0.15) is 5.26 Å². The van der Waals surface area contributed by atoms with E-state index in [-0.39, 0.29) is 11.5 Å². The van der Waals surface area contributed by atoms with Crippen LogP contribution in [-0.4, -0.2) is 29.1 Å². The van der Waals surface area contributed by atoms with Gasteiger partial charge in [-0.25, -0.2) is 9.97 Å². The Kier molecular flexibility index (Phi) is 5.95. The van der Waals surface area contributed by atoms with Crippen molar-refractivity contribution in [3.63, 3.8) is 0 Å². The summed E-state index contributed by atoms with van der Waals surface area (Å²) in [6.45, 7) is 14.1. The van der Waals surface area contributed by atoms with Gasteiger partial charge in [0.05, 0.1) is 12.5 Å². The van der Waals surface area contributed by atoms with Crippen molar-refractivity contribution in [1.82, 2.24) is 9.97 Å². The monoisotopic (exact) mass is 289 g/mol. The molecular formula is C16H27N5. The van der Waals surface area contributed by atoms with Crippen LogP contribution in [0.5, 0.6) is 0 Å². The van der Waals surface area contributed by atoms with Gasteiger partial charge in [-0.15, -0.1) is 0 Å². The van der Waals surface area contributed by atoms with E-state index in [9.17, 15) is 0 Å². The summed E-state index contributed by atoms with van der Waals surface area (Å²) in [7, 11) is 0. The van der Waals surface area contributed by atoms with Crippen LogP contribution in [0.2, 0.25) is 0 Å². The summed E-state index contributed by atoms with van der Waals surface area (Å²) < 4.78 is 0. The summed E-state index contributed by atoms with van der Waals surface area (Å²) in [5, 5.41) is 12.1. The van der Waals surface area contributed by atoms with E-state index in [1.165, 1.54) is 0 Å². The predicted molar refractivity (Wildman–Crippen MR) is 87.6 cm³/mol. The van der Waals surface area contributed by atoms with Gasteiger partial charge in [0, 0.05) is 30.6 Å². The van der Waals surface area contributed by atoms with Gasteiger partial charge in [-0.05, 0) is 20.8 Å². The Morgan fingerprint density at radius 2 is 2.00 bits per heavy atom. The van der Waals surface area contributed by atoms with Crippen molar-refractivity contribution < 1.29 is 0 Å². The molecule has 0 aliphatic carbocycles. The molecule has 0 amide bonds. The molecule has 1 N–H and O–H groups in total. The number of anilines is 2. The van der Waals surface area contributed by atoms with E-state index in [1.54, 1.807) is 0 Å². The van der Waals surface area contributed by atoms with Crippen LogP contribution >= 0.6 is 0 Å². The van der Waals surface area contributed by atoms with Gasteiger partial charge in [-0.3, -0.25) is 0 Å². The lowest BCUT2D eigenvalue weighted by Gasteiger charge is -2.29. The molecule has 0 unspecified atom stereocenters. The van der Waals surface area contributed by atoms with Crippen LogP contribution in [0.25, 0.3) is 0 Å². The van der Waals surface area contributed by atoms with Gasteiger partial charge >= 0.3 is 0 Å². The van der Waals surface area contributed by atoms with Crippen molar-refractivity contribution in [2.24, 2.45) is 0 Å². The fraction of sp³-hybridized carbons (Fsp3) is 0.688. The number of nitrogens with zero attached hydrogens (tertiary/aromatic N) is 4. The van der Waals surface area contributed by atoms with E-state index in [0.29, 0.717) is 13.0 Å². The van der Waals surface area contributed by atoms with Gasteiger partial charge < -0.3 is 10.2 Å². The van der Waals surface area contributed by atoms with Gasteiger partial charge in [0.15, 0.2) is 0 Å². The molecule has 21 heavy (non-hydrogen) atoms. The Labute approximate surface area is 128 Å². The minimum atomic E-state index is -0.113. The zero-order valence-electron chi connectivity index (χ0n) is 14.1. The van der Waals surface area contributed by atoms with E-state index >= 15 is 0 Å². The number of nitrogens with one attached hydrogen (secondary N) is 1. The van der Waals surface area contributed by atoms with E-state index in [0.717, 1.165) is 24.0 Å². The molecule has 5 heteroatoms. The van der Waals surface area contributed by atoms with Gasteiger partial charge in [0.2, 0.25) is 0 Å². The Balaban J connectivity index is 3.25. The summed E-state index contributed by atoms with van der Waals surface area (Å²) in [5.74, 6) is 2.55. The van der Waals surface area contributed by atoms with Gasteiger partial charge in [0.1, 0.15) is 17.5 Å². The topological polar surface area (TPSA) is 64.8 Å². The summed E-state index contributed by atoms with van der Waals surface area (Å²) >= 11 is 0. The van der Waals surface area contributed by atoms with Crippen molar-refractivity contribution in [3.05, 3.63) is 11.9 Å². The molecule has 5 nitrogen and oxygen atoms in total. The van der Waals surface area contributed by atoms with Crippen molar-refractivity contribution in [2.75, 3.05) is 23.3 Å². The normalized spacial score (nSPS) is 11.3. The molecule has 1 aromatic rings. The lowest BCUT2D eigenvalue weighted by molar-refractivity contribution is 0.542. The molecule has 0 spiro atoms. The fourth-order valence-corrected chi connectivity index (χ4v) is 2.00. The summed E-state index contributed by atoms with van der Waals surface area (Å²) in [6.07, 6.45) is 0.490. The quantitative estimate of drug-likeness (QED) is 0.870. The maximum atomic E-state index is 8.84. The van der Waals surface area contributed by atoms with Gasteiger partial charge in [-0.1, -0.05) is 20.8 Å². The van der Waals surface area contributed by atoms with E-state index in [2.05, 4.69) is 62.8 Å². The van der Waals surface area contributed by atoms with Gasteiger partial charge in [0.25, 0.3) is 0 Å². The average molecular weight is 289 g/mol. The molecule has 0 aromatic carbocycles. The fourth-order valence-electron chi connectivity index (χ4n) is 2.00. The number of hydrogen-bond donors (Lipinski definition) is 1. The van der Waals surface area contributed by atoms with Crippen molar-refractivity contribution >= 4 is 11.6 Å². The molecule has 0 aliphatic rings. The molecule has 0 saturated heterocycles. The third kappa shape index (κ3) is 4.89. The minimum Gasteiger partial charge on any atom is -0.370 e. The molecule has 116 valence electrons. The first-order chi connectivity index (χ1) is 9.79. The Hall–Kier alpha value is -1.83. The van der Waals surface area contributed by atoms with E-state index < -0.39 is 0 Å². The second-order valence-electron chi connectivity index (χ2n) is 6.41. The van der Waals surface area contributed by atoms with E-state index in [1.807, 2.05) is 6.07 Å². The molecule has 0 bridgehead atoms. The standard InChI is InChI=1S/C16H27N5/c1-7-18-13-11-14(20-15(19-13)16(4,5)6)21(12(2)3)10-8-9-17/h11-12H,7-8,10H2,1-6H3,(H,18,19,20). The van der Waals surface area contributed by atoms with Crippen LogP contribution in [0.15, 0.2) is 6.07 Å². The number of nitriles is 1. The minimum absolute atomic E-state index is 0.113. The highest BCUT2D eigenvalue weighted by molar-refractivity contribution is 5.50. The maximum absolute atomic E-state index is 8.84. The molecule has 1 heterocycles. The van der Waals surface area contributed by atoms with Crippen molar-refractivity contribution in [3.8, 4) is 6.07 Å². The Morgan fingerprint density at radius 3 is 2.48 bits per heavy atom. The highest BCUT2D eigenvalue weighted by Gasteiger charge is 2.21. The maximum Gasteiger partial charge on any atom is 0.138 e. The summed E-state index contributed by atoms with van der Waals surface area (Å²) in [5.41, 5.74) is -0.113. The van der Waals surface area contributed by atoms with Crippen LogP contribution in [0.1, 0.15) is 53.8 Å². The van der Waals surface area contributed by atoms with Crippen LogP contribution in [0, 0.1) is 11.3 Å². The molecule has 1 aromatic heterocycles. The van der Waals surface area contributed by atoms with Crippen molar-refractivity contribution in [1.29, 1.82) is 5.26 Å². The largest absolute Gasteiger partial charge is 0.370 e. The molecule has 0 atom stereocenters. The first kappa shape index (κ1) is 17.2. The summed E-state index contributed by atoms with van der Waals surface area (Å²) in [4.78, 5) is 11.5. The zero-order valence-corrected chi connectivity index (χ0v) is 14.1. The molecular weight excluding hydrogens is 262 g/mol. The van der Waals surface area contributed by atoms with Crippen LogP contribution < -0.4 is 10.2 Å². The second-order valence-corrected chi connectivity index (χ2v) is 6.41. The van der Waals surface area contributed by atoms with Crippen LogP contribution in [-0.2, 0) is 5.41 Å². The Bertz CT molecular complexity index is 496. The van der Waals surface area contributed by atoms with Crippen LogP contribution in [0.3, 0.4) is 0 Å². The molecule has 0 radical (unpaired) electrons. The first-order valence-electron chi connectivity index (χ1n) is 7.56. The van der Waals surface area contributed by atoms with E-state index in [4.69, 9.17) is 10.2 Å². The molecule has 1 rings (SSSR count). The molecule has 0 aliphatic heterocycles. The third-order valence-corrected chi connectivity index (χ3v) is 3.12. The molecule has 0 saturated carbocycles. The lowest BCUT2D eigenvalue weighted by Crippen LogP contribution is -2.33. The average Bonchev–Trinajstić information content (AvgIpc) is 2.38. The van der Waals surface area contributed by atoms with Crippen LogP contribution in [0.4, 0.5) is 11.6 Å². The predicted octanol–water partition coefficient (Wildman–Crippen LogP) is 3.33. The highest BCUT2D eigenvalue weighted by Crippen LogP contribution is 2.25. The molecule has 0 fully saturated rings. The summed E-state index contributed by atoms with van der Waals surface area (Å²) in [6, 6.07) is 4.46. The number of aromatic nitrogens is 2. The second kappa shape index (κ2) is 7.26. The highest BCUT2D eigenvalue weighted by atomic mass is 15.2.